The van der Waals surface area contributed by atoms with Crippen LogP contribution in [0.2, 0.25) is 0 Å². The molecule has 1 aromatic heterocycles. The zero-order chi connectivity index (χ0) is 31.3. The van der Waals surface area contributed by atoms with E-state index in [0.29, 0.717) is 28.9 Å². The zero-order valence-corrected chi connectivity index (χ0v) is 26.4. The number of hydrogen-bond donors (Lipinski definition) is 2. The van der Waals surface area contributed by atoms with Crippen LogP contribution in [0.4, 0.5) is 11.4 Å². The van der Waals surface area contributed by atoms with Crippen molar-refractivity contribution in [1.82, 2.24) is 10.2 Å². The number of nitrogens with one attached hydrogen (secondary N) is 2. The van der Waals surface area contributed by atoms with Gasteiger partial charge in [0.15, 0.2) is 12.4 Å². The molecule has 6 rings (SSSR count). The van der Waals surface area contributed by atoms with E-state index in [9.17, 15) is 14.4 Å². The maximum absolute atomic E-state index is 13.5. The van der Waals surface area contributed by atoms with Crippen molar-refractivity contribution in [3.05, 3.63) is 66.0 Å². The lowest BCUT2D eigenvalue weighted by atomic mass is 9.66. The van der Waals surface area contributed by atoms with Gasteiger partial charge in [-0.2, -0.15) is 0 Å². The van der Waals surface area contributed by atoms with E-state index in [1.165, 1.54) is 4.90 Å². The highest BCUT2D eigenvalue weighted by Crippen LogP contribution is 2.50. The standard InChI is InChI=1S/C35H42N4O5/c1-33(2,3)23-11-15-35(16-12-23)22-34(4,43-44-35)21-29(40)36-17-20-39-31(41)26-8-6-7-25-28(10-9-27(30(25)26)32(39)42)37-24-13-18-38(5)19-14-24/h6-10,13-14,18-19,23H,11-12,15-17,20-22H2,1-5H3,(H,36,40)/p+1. The van der Waals surface area contributed by atoms with Crippen LogP contribution in [0, 0.1) is 11.3 Å². The maximum Gasteiger partial charge on any atom is 0.261 e. The topological polar surface area (TPSA) is 101 Å². The minimum Gasteiger partial charge on any atom is -0.355 e. The van der Waals surface area contributed by atoms with Crippen LogP contribution in [0.15, 0.2) is 54.9 Å². The fourth-order valence-corrected chi connectivity index (χ4v) is 7.20. The van der Waals surface area contributed by atoms with Crippen LogP contribution < -0.4 is 15.2 Å². The van der Waals surface area contributed by atoms with Gasteiger partial charge in [-0.15, -0.1) is 0 Å². The van der Waals surface area contributed by atoms with Crippen molar-refractivity contribution in [3.63, 3.8) is 0 Å². The predicted octanol–water partition coefficient (Wildman–Crippen LogP) is 5.60. The van der Waals surface area contributed by atoms with E-state index in [4.69, 9.17) is 9.78 Å². The second kappa shape index (κ2) is 11.3. The van der Waals surface area contributed by atoms with Crippen LogP contribution in [-0.4, -0.2) is 46.9 Å². The summed E-state index contributed by atoms with van der Waals surface area (Å²) in [5, 5.41) is 7.76. The number of hydrogen-bond acceptors (Lipinski definition) is 6. The van der Waals surface area contributed by atoms with Gasteiger partial charge in [-0.1, -0.05) is 32.9 Å². The Morgan fingerprint density at radius 1 is 1.00 bits per heavy atom. The fourth-order valence-electron chi connectivity index (χ4n) is 7.20. The van der Waals surface area contributed by atoms with Crippen LogP contribution in [0.1, 0.15) is 86.9 Å². The van der Waals surface area contributed by atoms with E-state index in [0.717, 1.165) is 42.4 Å². The Kier molecular flexibility index (Phi) is 7.74. The lowest BCUT2D eigenvalue weighted by molar-refractivity contribution is -0.671. The minimum atomic E-state index is -0.715. The van der Waals surface area contributed by atoms with E-state index in [2.05, 4.69) is 31.4 Å². The Hall–Kier alpha value is -3.82. The summed E-state index contributed by atoms with van der Waals surface area (Å²) in [6, 6.07) is 13.1. The Bertz CT molecular complexity index is 1580. The molecule has 3 aromatic rings. The molecule has 1 spiro atoms. The third kappa shape index (κ3) is 5.83. The van der Waals surface area contributed by atoms with Gasteiger partial charge >= 0.3 is 0 Å². The van der Waals surface area contributed by atoms with Gasteiger partial charge in [-0.05, 0) is 62.1 Å². The van der Waals surface area contributed by atoms with Crippen molar-refractivity contribution >= 4 is 39.9 Å². The van der Waals surface area contributed by atoms with E-state index >= 15 is 0 Å². The predicted molar refractivity (Wildman–Crippen MR) is 167 cm³/mol. The molecule has 1 atom stereocenters. The number of imide groups is 1. The van der Waals surface area contributed by atoms with Crippen LogP contribution in [0.3, 0.4) is 0 Å². The van der Waals surface area contributed by atoms with Crippen LogP contribution in [0.5, 0.6) is 0 Å². The van der Waals surface area contributed by atoms with Crippen molar-refractivity contribution in [2.75, 3.05) is 18.4 Å². The smallest absolute Gasteiger partial charge is 0.261 e. The third-order valence-electron chi connectivity index (χ3n) is 9.68. The number of aryl methyl sites for hydroxylation is 1. The summed E-state index contributed by atoms with van der Waals surface area (Å²) in [7, 11) is 1.95. The average Bonchev–Trinajstić information content (AvgIpc) is 3.29. The quantitative estimate of drug-likeness (QED) is 0.209. The summed E-state index contributed by atoms with van der Waals surface area (Å²) in [5.74, 6) is -0.263. The van der Waals surface area contributed by atoms with Gasteiger partial charge < -0.3 is 10.6 Å². The molecule has 2 fully saturated rings. The number of carbonyl (C=O) groups is 3. The number of pyridine rings is 1. The van der Waals surface area contributed by atoms with Crippen molar-refractivity contribution in [3.8, 4) is 0 Å². The van der Waals surface area contributed by atoms with Gasteiger partial charge in [-0.3, -0.25) is 19.3 Å². The second-order valence-corrected chi connectivity index (χ2v) is 14.2. The van der Waals surface area contributed by atoms with Gasteiger partial charge in [-0.25, -0.2) is 14.3 Å². The van der Waals surface area contributed by atoms with E-state index in [1.54, 1.807) is 12.1 Å². The van der Waals surface area contributed by atoms with Crippen LogP contribution >= 0.6 is 0 Å². The molecular weight excluding hydrogens is 556 g/mol. The number of nitrogens with zero attached hydrogens (tertiary/aromatic N) is 2. The van der Waals surface area contributed by atoms with E-state index < -0.39 is 5.60 Å². The number of anilines is 2. The molecule has 0 bridgehead atoms. The highest BCUT2D eigenvalue weighted by molar-refractivity contribution is 6.26. The van der Waals surface area contributed by atoms with Gasteiger partial charge in [0.2, 0.25) is 5.91 Å². The first-order chi connectivity index (χ1) is 20.9. The van der Waals surface area contributed by atoms with E-state index in [-0.39, 0.29) is 48.2 Å². The molecule has 1 saturated carbocycles. The number of carbonyl (C=O) groups excluding carboxylic acids is 3. The molecular formula is C35H43N4O5+. The van der Waals surface area contributed by atoms with Gasteiger partial charge in [0.1, 0.15) is 18.2 Å². The van der Waals surface area contributed by atoms with Crippen LogP contribution in [0.25, 0.3) is 10.8 Å². The third-order valence-corrected chi connectivity index (χ3v) is 9.68. The van der Waals surface area contributed by atoms with Gasteiger partial charge in [0, 0.05) is 59.2 Å². The molecule has 1 unspecified atom stereocenters. The molecule has 2 aliphatic heterocycles. The zero-order valence-electron chi connectivity index (χ0n) is 26.4. The molecule has 1 aliphatic carbocycles. The fraction of sp³-hybridized carbons (Fsp3) is 0.486. The van der Waals surface area contributed by atoms with Crippen molar-refractivity contribution < 1.29 is 28.7 Å². The molecule has 232 valence electrons. The Morgan fingerprint density at radius 3 is 2.36 bits per heavy atom. The summed E-state index contributed by atoms with van der Waals surface area (Å²) in [4.78, 5) is 52.9. The molecule has 3 heterocycles. The van der Waals surface area contributed by atoms with Crippen molar-refractivity contribution in [1.29, 1.82) is 0 Å². The number of benzene rings is 2. The minimum absolute atomic E-state index is 0.0759. The summed E-state index contributed by atoms with van der Waals surface area (Å²) in [6.07, 6.45) is 8.76. The lowest BCUT2D eigenvalue weighted by Crippen LogP contribution is -2.45. The molecule has 9 nitrogen and oxygen atoms in total. The normalized spacial score (nSPS) is 25.1. The summed E-state index contributed by atoms with van der Waals surface area (Å²) in [5.41, 5.74) is 1.90. The Labute approximate surface area is 258 Å². The summed E-state index contributed by atoms with van der Waals surface area (Å²) in [6.45, 7) is 9.03. The molecule has 1 saturated heterocycles. The molecule has 2 N–H and O–H groups in total. The molecule has 3 aliphatic rings. The summed E-state index contributed by atoms with van der Waals surface area (Å²) >= 11 is 0. The first kappa shape index (κ1) is 30.2. The average molecular weight is 600 g/mol. The largest absolute Gasteiger partial charge is 0.355 e. The molecule has 9 heteroatoms. The lowest BCUT2D eigenvalue weighted by Gasteiger charge is -2.40. The highest BCUT2D eigenvalue weighted by atomic mass is 17.2. The van der Waals surface area contributed by atoms with Gasteiger partial charge in [0.05, 0.1) is 12.1 Å². The molecule has 0 radical (unpaired) electrons. The number of rotatable bonds is 7. The molecule has 2 aromatic carbocycles. The molecule has 44 heavy (non-hydrogen) atoms. The maximum atomic E-state index is 13.5. The highest BCUT2D eigenvalue weighted by Gasteiger charge is 2.52. The Balaban J connectivity index is 1.07. The van der Waals surface area contributed by atoms with E-state index in [1.807, 2.05) is 61.3 Å². The summed E-state index contributed by atoms with van der Waals surface area (Å²) < 4.78 is 1.95. The van der Waals surface area contributed by atoms with Crippen molar-refractivity contribution in [2.24, 2.45) is 18.4 Å². The first-order valence-electron chi connectivity index (χ1n) is 15.6. The monoisotopic (exact) mass is 599 g/mol. The number of aromatic nitrogens is 1. The molecule has 3 amide bonds. The van der Waals surface area contributed by atoms with Gasteiger partial charge in [0.25, 0.3) is 11.8 Å². The SMILES string of the molecule is C[n+]1ccc(Nc2ccc3c4c(cccc24)C(=O)N(CCNC(=O)CC2(C)CC4(CCC(C(C)(C)C)CC4)OO2)C3=O)cc1. The second-order valence-electron chi connectivity index (χ2n) is 14.2. The first-order valence-corrected chi connectivity index (χ1v) is 15.6. The Morgan fingerprint density at radius 2 is 1.68 bits per heavy atom. The number of amides is 3. The van der Waals surface area contributed by atoms with Crippen molar-refractivity contribution in [2.45, 2.75) is 77.4 Å². The van der Waals surface area contributed by atoms with Crippen LogP contribution in [-0.2, 0) is 21.6 Å².